The van der Waals surface area contributed by atoms with Gasteiger partial charge in [0.15, 0.2) is 0 Å². The average Bonchev–Trinajstić information content (AvgIpc) is 2.80. The monoisotopic (exact) mass is 452 g/mol. The summed E-state index contributed by atoms with van der Waals surface area (Å²) < 4.78 is 15.5. The lowest BCUT2D eigenvalue weighted by Crippen LogP contribution is -2.47. The molecule has 0 radical (unpaired) electrons. The fourth-order valence-electron chi connectivity index (χ4n) is 3.36. The Bertz CT molecular complexity index is 1070. The highest BCUT2D eigenvalue weighted by molar-refractivity contribution is 6.09. The summed E-state index contributed by atoms with van der Waals surface area (Å²) in [6.07, 6.45) is 2.64. The second-order valence-corrected chi connectivity index (χ2v) is 8.42. The molecule has 33 heavy (non-hydrogen) atoms. The molecule has 0 bridgehead atoms. The van der Waals surface area contributed by atoms with E-state index in [0.29, 0.717) is 11.4 Å². The van der Waals surface area contributed by atoms with Gasteiger partial charge in [0.1, 0.15) is 11.4 Å². The van der Waals surface area contributed by atoms with Crippen LogP contribution in [-0.4, -0.2) is 50.9 Å². The Morgan fingerprint density at radius 3 is 2.18 bits per heavy atom. The predicted octanol–water partition coefficient (Wildman–Crippen LogP) is 4.28. The van der Waals surface area contributed by atoms with E-state index in [1.807, 2.05) is 24.3 Å². The Morgan fingerprint density at radius 2 is 1.58 bits per heavy atom. The lowest BCUT2D eigenvalue weighted by atomic mass is 10.1. The third kappa shape index (κ3) is 5.71. The molecule has 8 nitrogen and oxygen atoms in total. The summed E-state index contributed by atoms with van der Waals surface area (Å²) >= 11 is 0. The number of amides is 2. The van der Waals surface area contributed by atoms with E-state index in [9.17, 15) is 14.4 Å². The van der Waals surface area contributed by atoms with E-state index >= 15 is 0 Å². The molecular weight excluding hydrogens is 424 g/mol. The van der Waals surface area contributed by atoms with Gasteiger partial charge in [0, 0.05) is 19.2 Å². The van der Waals surface area contributed by atoms with Crippen molar-refractivity contribution in [2.75, 3.05) is 37.1 Å². The molecule has 1 heterocycles. The number of hydrogen-bond acceptors (Lipinski definition) is 6. The van der Waals surface area contributed by atoms with Gasteiger partial charge in [-0.1, -0.05) is 12.1 Å². The summed E-state index contributed by atoms with van der Waals surface area (Å²) in [5.41, 5.74) is 1.34. The fourth-order valence-corrected chi connectivity index (χ4v) is 3.36. The Morgan fingerprint density at radius 1 is 0.909 bits per heavy atom. The number of ether oxygens (including phenoxy) is 3. The molecule has 0 unspecified atom stereocenters. The molecule has 2 amide bonds. The highest BCUT2D eigenvalue weighted by Crippen LogP contribution is 2.35. The first-order valence-electron chi connectivity index (χ1n) is 10.5. The van der Waals surface area contributed by atoms with Crippen LogP contribution in [0.1, 0.15) is 36.7 Å². The molecule has 174 valence electrons. The van der Waals surface area contributed by atoms with Crippen molar-refractivity contribution in [3.05, 3.63) is 59.7 Å². The van der Waals surface area contributed by atoms with Crippen LogP contribution in [0.15, 0.2) is 48.5 Å². The van der Waals surface area contributed by atoms with E-state index in [0.717, 1.165) is 11.3 Å². The fraction of sp³-hybridized carbons (Fsp3) is 0.320. The Kier molecular flexibility index (Phi) is 7.06. The van der Waals surface area contributed by atoms with Gasteiger partial charge in [0.2, 0.25) is 0 Å². The standard InChI is InChI=1S/C25H28N2O6/c1-25(2,3)33-24(30)27-15-14-26(20-12-9-18(16-21(20)27)23(29)32-5)22(28)13-8-17-6-10-19(31-4)11-7-17/h6-13,16H,14-15H2,1-5H3. The maximum absolute atomic E-state index is 13.0. The van der Waals surface area contributed by atoms with Gasteiger partial charge in [0.25, 0.3) is 5.91 Å². The van der Waals surface area contributed by atoms with Crippen molar-refractivity contribution in [2.45, 2.75) is 26.4 Å². The van der Waals surface area contributed by atoms with Gasteiger partial charge in [-0.2, -0.15) is 0 Å². The van der Waals surface area contributed by atoms with Crippen LogP contribution >= 0.6 is 0 Å². The molecule has 8 heteroatoms. The number of methoxy groups -OCH3 is 2. The Balaban J connectivity index is 1.91. The smallest absolute Gasteiger partial charge is 0.414 e. The van der Waals surface area contributed by atoms with Crippen LogP contribution in [0.5, 0.6) is 5.75 Å². The van der Waals surface area contributed by atoms with Gasteiger partial charge in [-0.25, -0.2) is 9.59 Å². The molecular formula is C25H28N2O6. The van der Waals surface area contributed by atoms with Gasteiger partial charge in [-0.05, 0) is 62.7 Å². The number of rotatable bonds is 4. The average molecular weight is 453 g/mol. The topological polar surface area (TPSA) is 85.4 Å². The van der Waals surface area contributed by atoms with Crippen LogP contribution < -0.4 is 14.5 Å². The van der Waals surface area contributed by atoms with Crippen LogP contribution in [0.2, 0.25) is 0 Å². The third-order valence-corrected chi connectivity index (χ3v) is 4.94. The number of hydrogen-bond donors (Lipinski definition) is 0. The number of carbonyl (C=O) groups is 3. The number of fused-ring (bicyclic) bond motifs is 1. The summed E-state index contributed by atoms with van der Waals surface area (Å²) in [6.45, 7) is 5.82. The highest BCUT2D eigenvalue weighted by Gasteiger charge is 2.32. The van der Waals surface area contributed by atoms with Crippen molar-refractivity contribution in [1.82, 2.24) is 0 Å². The van der Waals surface area contributed by atoms with E-state index in [4.69, 9.17) is 14.2 Å². The first kappa shape index (κ1) is 23.8. The van der Waals surface area contributed by atoms with Crippen molar-refractivity contribution in [1.29, 1.82) is 0 Å². The van der Waals surface area contributed by atoms with Crippen LogP contribution in [-0.2, 0) is 14.3 Å². The molecule has 2 aromatic carbocycles. The third-order valence-electron chi connectivity index (χ3n) is 4.94. The molecule has 0 aromatic heterocycles. The molecule has 0 atom stereocenters. The van der Waals surface area contributed by atoms with E-state index in [-0.39, 0.29) is 24.6 Å². The zero-order chi connectivity index (χ0) is 24.2. The lowest BCUT2D eigenvalue weighted by Gasteiger charge is -2.37. The minimum atomic E-state index is -0.689. The first-order valence-corrected chi connectivity index (χ1v) is 10.5. The minimum absolute atomic E-state index is 0.217. The maximum atomic E-state index is 13.0. The van der Waals surface area contributed by atoms with E-state index in [2.05, 4.69) is 0 Å². The van der Waals surface area contributed by atoms with Crippen molar-refractivity contribution in [3.8, 4) is 5.75 Å². The molecule has 3 rings (SSSR count). The van der Waals surface area contributed by atoms with Crippen LogP contribution in [0.25, 0.3) is 6.08 Å². The quantitative estimate of drug-likeness (QED) is 0.508. The highest BCUT2D eigenvalue weighted by atomic mass is 16.6. The second kappa shape index (κ2) is 9.77. The molecule has 0 saturated heterocycles. The van der Waals surface area contributed by atoms with Crippen LogP contribution in [0.4, 0.5) is 16.2 Å². The van der Waals surface area contributed by atoms with Gasteiger partial charge in [-0.15, -0.1) is 0 Å². The van der Waals surface area contributed by atoms with E-state index in [1.54, 1.807) is 51.0 Å². The number of benzene rings is 2. The van der Waals surface area contributed by atoms with Crippen LogP contribution in [0.3, 0.4) is 0 Å². The number of anilines is 2. The minimum Gasteiger partial charge on any atom is -0.497 e. The Hall–Kier alpha value is -3.81. The number of carbonyl (C=O) groups excluding carboxylic acids is 3. The van der Waals surface area contributed by atoms with Gasteiger partial charge >= 0.3 is 12.1 Å². The maximum Gasteiger partial charge on any atom is 0.414 e. The van der Waals surface area contributed by atoms with Crippen LogP contribution in [0, 0.1) is 0 Å². The van der Waals surface area contributed by atoms with E-state index < -0.39 is 17.7 Å². The zero-order valence-electron chi connectivity index (χ0n) is 19.5. The second-order valence-electron chi connectivity index (χ2n) is 8.42. The van der Waals surface area contributed by atoms with E-state index in [1.165, 1.54) is 24.2 Å². The molecule has 1 aliphatic heterocycles. The number of nitrogens with zero attached hydrogens (tertiary/aromatic N) is 2. The molecule has 0 aliphatic carbocycles. The SMILES string of the molecule is COC(=O)c1ccc2c(c1)N(C(=O)OC(C)(C)C)CCN2C(=O)C=Cc1ccc(OC)cc1. The summed E-state index contributed by atoms with van der Waals surface area (Å²) in [7, 11) is 2.88. The van der Waals surface area contributed by atoms with Crippen molar-refractivity contribution in [2.24, 2.45) is 0 Å². The molecule has 0 spiro atoms. The van der Waals surface area contributed by atoms with Crippen molar-refractivity contribution >= 4 is 35.4 Å². The summed E-state index contributed by atoms with van der Waals surface area (Å²) in [5.74, 6) is -0.0569. The summed E-state index contributed by atoms with van der Waals surface area (Å²) in [5, 5.41) is 0. The first-order chi connectivity index (χ1) is 15.6. The predicted molar refractivity (Wildman–Crippen MR) is 126 cm³/mol. The number of esters is 1. The van der Waals surface area contributed by atoms with Crippen molar-refractivity contribution < 1.29 is 28.6 Å². The summed E-state index contributed by atoms with van der Waals surface area (Å²) in [4.78, 5) is 40.9. The van der Waals surface area contributed by atoms with Gasteiger partial charge < -0.3 is 19.1 Å². The Labute approximate surface area is 193 Å². The molecule has 0 N–H and O–H groups in total. The van der Waals surface area contributed by atoms with Gasteiger partial charge in [-0.3, -0.25) is 9.69 Å². The molecule has 2 aromatic rings. The molecule has 0 saturated carbocycles. The molecule has 1 aliphatic rings. The lowest BCUT2D eigenvalue weighted by molar-refractivity contribution is -0.114. The van der Waals surface area contributed by atoms with Crippen molar-refractivity contribution in [3.63, 3.8) is 0 Å². The zero-order valence-corrected chi connectivity index (χ0v) is 19.5. The van der Waals surface area contributed by atoms with Gasteiger partial charge in [0.05, 0.1) is 31.2 Å². The largest absolute Gasteiger partial charge is 0.497 e. The summed E-state index contributed by atoms with van der Waals surface area (Å²) in [6, 6.07) is 12.1. The molecule has 0 fully saturated rings. The normalized spacial score (nSPS) is 13.5.